The van der Waals surface area contributed by atoms with Gasteiger partial charge in [-0.25, -0.2) is 4.79 Å². The summed E-state index contributed by atoms with van der Waals surface area (Å²) in [6.45, 7) is -0.238. The number of nitrogens with zero attached hydrogens (tertiary/aromatic N) is 1. The number of para-hydroxylation sites is 1. The lowest BCUT2D eigenvalue weighted by molar-refractivity contribution is -0.150. The minimum absolute atomic E-state index is 0.00971. The summed E-state index contributed by atoms with van der Waals surface area (Å²) in [5.41, 5.74) is -0.237. The van der Waals surface area contributed by atoms with Crippen molar-refractivity contribution in [3.63, 3.8) is 0 Å². The van der Waals surface area contributed by atoms with Crippen LogP contribution in [0.15, 0.2) is 41.1 Å². The molecule has 1 unspecified atom stereocenters. The fourth-order valence-electron chi connectivity index (χ4n) is 2.72. The number of carboxylic acids is 1. The number of β-lactam (4-membered cyclic amide) rings is 1. The Labute approximate surface area is 169 Å². The molecule has 1 fully saturated rings. The maximum Gasteiger partial charge on any atom is 0.353 e. The molecule has 0 aliphatic carbocycles. The fraction of sp³-hybridized carbons (Fsp3) is 0.294. The summed E-state index contributed by atoms with van der Waals surface area (Å²) >= 11 is 7.18. The fourth-order valence-corrected chi connectivity index (χ4v) is 4.27. The van der Waals surface area contributed by atoms with Crippen LogP contribution in [-0.2, 0) is 14.4 Å². The zero-order chi connectivity index (χ0) is 20.3. The number of carbonyl (C=O) groups excluding carboxylic acids is 2. The molecule has 2 amide bonds. The molecule has 1 aromatic carbocycles. The number of rotatable bonds is 7. The van der Waals surface area contributed by atoms with Crippen molar-refractivity contribution in [2.45, 2.75) is 11.4 Å². The number of carbonyl (C=O) groups is 3. The summed E-state index contributed by atoms with van der Waals surface area (Å²) in [6, 6.07) is 8.13. The van der Waals surface area contributed by atoms with Gasteiger partial charge in [-0.15, -0.1) is 11.8 Å². The van der Waals surface area contributed by atoms with E-state index in [9.17, 15) is 19.5 Å². The Hall–Kier alpha value is -2.72. The predicted molar refractivity (Wildman–Crippen MR) is 103 cm³/mol. The van der Waals surface area contributed by atoms with Crippen molar-refractivity contribution >= 4 is 47.0 Å². The van der Waals surface area contributed by atoms with Gasteiger partial charge in [0.2, 0.25) is 5.91 Å². The number of halogens is 1. The van der Waals surface area contributed by atoms with Crippen molar-refractivity contribution < 1.29 is 24.2 Å². The maximum absolute atomic E-state index is 12.2. The first-order chi connectivity index (χ1) is 13.4. The molecule has 0 saturated carbocycles. The van der Waals surface area contributed by atoms with Crippen LogP contribution in [-0.4, -0.2) is 63.9 Å². The van der Waals surface area contributed by atoms with Gasteiger partial charge >= 0.3 is 5.97 Å². The van der Waals surface area contributed by atoms with Crippen LogP contribution < -0.4 is 15.4 Å². The Morgan fingerprint density at radius 3 is 2.75 bits per heavy atom. The quantitative estimate of drug-likeness (QED) is 0.286. The van der Waals surface area contributed by atoms with E-state index < -0.39 is 29.2 Å². The van der Waals surface area contributed by atoms with Crippen LogP contribution in [0.4, 0.5) is 0 Å². The summed E-state index contributed by atoms with van der Waals surface area (Å²) in [4.78, 5) is 36.7. The van der Waals surface area contributed by atoms with Gasteiger partial charge in [0.05, 0.1) is 11.6 Å². The van der Waals surface area contributed by atoms with Crippen LogP contribution in [0, 0.1) is 5.41 Å². The van der Waals surface area contributed by atoms with Gasteiger partial charge in [-0.05, 0) is 12.1 Å². The lowest BCUT2D eigenvalue weighted by atomic mass is 10.1. The summed E-state index contributed by atoms with van der Waals surface area (Å²) in [6.07, 6.45) is 0. The summed E-state index contributed by atoms with van der Waals surface area (Å²) < 4.78 is 5.39. The maximum atomic E-state index is 12.2. The smallest absolute Gasteiger partial charge is 0.353 e. The highest BCUT2D eigenvalue weighted by Crippen LogP contribution is 2.41. The highest BCUT2D eigenvalue weighted by molar-refractivity contribution is 8.00. The Kier molecular flexibility index (Phi) is 6.10. The topological polar surface area (TPSA) is 132 Å². The number of fused-ring (bicyclic) bond motifs is 1. The van der Waals surface area contributed by atoms with Crippen molar-refractivity contribution in [3.8, 4) is 5.75 Å². The average Bonchev–Trinajstić information content (AvgIpc) is 2.69. The second-order valence-electron chi connectivity index (χ2n) is 5.95. The molecule has 4 N–H and O–H groups in total. The minimum atomic E-state index is -1.28. The first-order valence-electron chi connectivity index (χ1n) is 8.23. The minimum Gasteiger partial charge on any atom is -0.486 e. The molecule has 2 aliphatic heterocycles. The lowest BCUT2D eigenvalue weighted by Gasteiger charge is -2.48. The largest absolute Gasteiger partial charge is 0.486 e. The molecule has 0 radical (unpaired) electrons. The van der Waals surface area contributed by atoms with E-state index in [1.165, 1.54) is 11.8 Å². The standard InChI is InChI=1S/C17H17ClN4O5S/c18-10-8-28-16-13(15(24)22(16)14(10)17(25)26)21-12(23)6-20-11(19)7-27-9-4-2-1-3-5-9/h1-5,13,16H,6-8H2,(H2,19,20)(H,21,23)(H,25,26)/t13?,16-/m0/s1. The van der Waals surface area contributed by atoms with E-state index in [0.29, 0.717) is 5.75 Å². The second kappa shape index (κ2) is 8.53. The van der Waals surface area contributed by atoms with Crippen LogP contribution in [0.5, 0.6) is 5.75 Å². The normalized spacial score (nSPS) is 20.8. The van der Waals surface area contributed by atoms with E-state index in [-0.39, 0.29) is 35.5 Å². The zero-order valence-corrected chi connectivity index (χ0v) is 16.0. The third-order valence-corrected chi connectivity index (χ3v) is 5.78. The first-order valence-corrected chi connectivity index (χ1v) is 9.66. The molecule has 28 heavy (non-hydrogen) atoms. The summed E-state index contributed by atoms with van der Waals surface area (Å²) in [5, 5.41) is 21.8. The van der Waals surface area contributed by atoms with Crippen molar-refractivity contribution in [2.75, 3.05) is 18.9 Å². The van der Waals surface area contributed by atoms with Gasteiger partial charge in [0.15, 0.2) is 0 Å². The number of hydrogen-bond donors (Lipinski definition) is 4. The lowest BCUT2D eigenvalue weighted by Crippen LogP contribution is -2.70. The van der Waals surface area contributed by atoms with Gasteiger partial charge in [0.25, 0.3) is 5.91 Å². The predicted octanol–water partition coefficient (Wildman–Crippen LogP) is 0.567. The molecule has 1 aromatic rings. The van der Waals surface area contributed by atoms with E-state index in [4.69, 9.17) is 21.7 Å². The van der Waals surface area contributed by atoms with Gasteiger partial charge < -0.3 is 20.5 Å². The zero-order valence-electron chi connectivity index (χ0n) is 14.5. The molecule has 0 spiro atoms. The Morgan fingerprint density at radius 2 is 2.07 bits per heavy atom. The monoisotopic (exact) mass is 424 g/mol. The number of ether oxygens (including phenoxy) is 1. The van der Waals surface area contributed by atoms with E-state index in [1.54, 1.807) is 24.3 Å². The van der Waals surface area contributed by atoms with E-state index in [1.807, 2.05) is 6.07 Å². The number of thioether (sulfide) groups is 1. The third-order valence-electron chi connectivity index (χ3n) is 4.03. The highest BCUT2D eigenvalue weighted by Gasteiger charge is 2.54. The van der Waals surface area contributed by atoms with Gasteiger partial charge in [-0.3, -0.25) is 19.9 Å². The number of hydrogen-bond acceptors (Lipinski definition) is 6. The van der Waals surface area contributed by atoms with Gasteiger partial charge in [-0.2, -0.15) is 0 Å². The molecule has 11 heteroatoms. The van der Waals surface area contributed by atoms with Gasteiger partial charge in [0, 0.05) is 5.75 Å². The molecule has 0 aromatic heterocycles. The molecule has 2 aliphatic rings. The van der Waals surface area contributed by atoms with Crippen molar-refractivity contribution in [1.82, 2.24) is 15.5 Å². The number of amidine groups is 1. The molecule has 148 valence electrons. The second-order valence-corrected chi connectivity index (χ2v) is 7.51. The molecule has 3 rings (SSSR count). The number of carboxylic acid groups (broad SMARTS) is 1. The first kappa shape index (κ1) is 20.0. The van der Waals surface area contributed by atoms with Crippen molar-refractivity contribution in [3.05, 3.63) is 41.1 Å². The molecule has 2 atom stereocenters. The number of benzene rings is 1. The Morgan fingerprint density at radius 1 is 1.36 bits per heavy atom. The van der Waals surface area contributed by atoms with Crippen LogP contribution in [0.2, 0.25) is 0 Å². The number of amides is 2. The SMILES string of the molecule is N=C(COc1ccccc1)NCC(=O)NC1C(=O)N2C(C(=O)O)=C(Cl)CS[C@@H]12. The molecule has 2 heterocycles. The summed E-state index contributed by atoms with van der Waals surface area (Å²) in [5.74, 6) is -1.42. The molecule has 0 bridgehead atoms. The van der Waals surface area contributed by atoms with Crippen molar-refractivity contribution in [1.29, 1.82) is 5.41 Å². The van der Waals surface area contributed by atoms with E-state index in [2.05, 4.69) is 10.6 Å². The van der Waals surface area contributed by atoms with Crippen molar-refractivity contribution in [2.24, 2.45) is 0 Å². The van der Waals surface area contributed by atoms with Crippen LogP contribution in [0.25, 0.3) is 0 Å². The highest BCUT2D eigenvalue weighted by atomic mass is 35.5. The van der Waals surface area contributed by atoms with Crippen LogP contribution in [0.3, 0.4) is 0 Å². The molecule has 1 saturated heterocycles. The van der Waals surface area contributed by atoms with Crippen LogP contribution >= 0.6 is 23.4 Å². The van der Waals surface area contributed by atoms with E-state index in [0.717, 1.165) is 4.90 Å². The van der Waals surface area contributed by atoms with Gasteiger partial charge in [-0.1, -0.05) is 29.8 Å². The third kappa shape index (κ3) is 4.23. The molecule has 9 nitrogen and oxygen atoms in total. The Balaban J connectivity index is 1.45. The van der Waals surface area contributed by atoms with Gasteiger partial charge in [0.1, 0.15) is 35.3 Å². The van der Waals surface area contributed by atoms with E-state index >= 15 is 0 Å². The average molecular weight is 425 g/mol. The number of nitrogens with one attached hydrogen (secondary N) is 3. The van der Waals surface area contributed by atoms with Crippen LogP contribution in [0.1, 0.15) is 0 Å². The number of aliphatic carboxylic acids is 1. The molecular weight excluding hydrogens is 408 g/mol. The molecular formula is C17H17ClN4O5S. The Bertz CT molecular complexity index is 847. The summed E-state index contributed by atoms with van der Waals surface area (Å²) in [7, 11) is 0.